The van der Waals surface area contributed by atoms with Crippen LogP contribution in [-0.2, 0) is 0 Å². The molecule has 4 nitrogen and oxygen atoms in total. The molecule has 1 amide bonds. The van der Waals surface area contributed by atoms with Crippen molar-refractivity contribution < 1.29 is 4.79 Å². The van der Waals surface area contributed by atoms with Crippen LogP contribution in [0.4, 0.5) is 0 Å². The van der Waals surface area contributed by atoms with Crippen LogP contribution in [-0.4, -0.2) is 39.7 Å². The zero-order valence-electron chi connectivity index (χ0n) is 13.6. The Hall–Kier alpha value is -2.27. The van der Waals surface area contributed by atoms with Gasteiger partial charge in [-0.2, -0.15) is 0 Å². The lowest BCUT2D eigenvalue weighted by Gasteiger charge is -2.18. The predicted molar refractivity (Wildman–Crippen MR) is 97.5 cm³/mol. The Bertz CT molecular complexity index is 889. The van der Waals surface area contributed by atoms with Crippen LogP contribution in [0, 0.1) is 0 Å². The van der Waals surface area contributed by atoms with Crippen LogP contribution in [0.2, 0.25) is 0 Å². The molecule has 1 aliphatic rings. The molecule has 1 saturated heterocycles. The molecular weight excluding hydrogens is 318 g/mol. The summed E-state index contributed by atoms with van der Waals surface area (Å²) in [6.07, 6.45) is 4.89. The largest absolute Gasteiger partial charge is 0.336 e. The van der Waals surface area contributed by atoms with Gasteiger partial charge in [0.05, 0.1) is 23.4 Å². The second-order valence-electron chi connectivity index (χ2n) is 6.07. The number of fused-ring (bicyclic) bond motifs is 1. The normalized spacial score (nSPS) is 17.5. The Kier molecular flexibility index (Phi) is 4.02. The van der Waals surface area contributed by atoms with Gasteiger partial charge in [-0.1, -0.05) is 18.2 Å². The number of rotatable bonds is 3. The Morgan fingerprint density at radius 1 is 1.21 bits per heavy atom. The van der Waals surface area contributed by atoms with E-state index in [9.17, 15) is 4.79 Å². The third kappa shape index (κ3) is 2.69. The number of thioether (sulfide) groups is 1. The molecular formula is C19H19N3OS. The van der Waals surface area contributed by atoms with Crippen LogP contribution in [0.1, 0.15) is 22.8 Å². The second-order valence-corrected chi connectivity index (χ2v) is 6.95. The molecule has 0 bridgehead atoms. The molecule has 122 valence electrons. The number of likely N-dealkylation sites (tertiary alicyclic amines) is 1. The van der Waals surface area contributed by atoms with Crippen molar-refractivity contribution in [2.75, 3.05) is 19.3 Å². The fraction of sp³-hybridized carbons (Fsp3) is 0.263. The molecule has 3 aromatic rings. The van der Waals surface area contributed by atoms with Gasteiger partial charge in [0.2, 0.25) is 0 Å². The SMILES string of the molecule is CSc1cccc(C(=O)N2CCC(n3cnc4ccccc43)C2)c1. The first-order chi connectivity index (χ1) is 11.8. The number of hydrogen-bond acceptors (Lipinski definition) is 3. The Labute approximate surface area is 145 Å². The van der Waals surface area contributed by atoms with E-state index in [0.29, 0.717) is 6.04 Å². The lowest BCUT2D eigenvalue weighted by atomic mass is 10.2. The van der Waals surface area contributed by atoms with Gasteiger partial charge in [-0.25, -0.2) is 4.98 Å². The van der Waals surface area contributed by atoms with E-state index in [4.69, 9.17) is 0 Å². The smallest absolute Gasteiger partial charge is 0.253 e. The average molecular weight is 337 g/mol. The maximum absolute atomic E-state index is 12.8. The van der Waals surface area contributed by atoms with Gasteiger partial charge < -0.3 is 9.47 Å². The second kappa shape index (κ2) is 6.32. The first kappa shape index (κ1) is 15.3. The summed E-state index contributed by atoms with van der Waals surface area (Å²) in [6.45, 7) is 1.53. The molecule has 4 rings (SSSR count). The summed E-state index contributed by atoms with van der Waals surface area (Å²) < 4.78 is 2.21. The van der Waals surface area contributed by atoms with E-state index in [-0.39, 0.29) is 5.91 Å². The van der Waals surface area contributed by atoms with Crippen molar-refractivity contribution in [3.63, 3.8) is 0 Å². The van der Waals surface area contributed by atoms with E-state index in [0.717, 1.165) is 41.0 Å². The summed E-state index contributed by atoms with van der Waals surface area (Å²) in [7, 11) is 0. The van der Waals surface area contributed by atoms with E-state index in [1.54, 1.807) is 11.8 Å². The highest BCUT2D eigenvalue weighted by Crippen LogP contribution is 2.27. The molecule has 5 heteroatoms. The fourth-order valence-electron chi connectivity index (χ4n) is 3.36. The third-order valence-electron chi connectivity index (χ3n) is 4.64. The summed E-state index contributed by atoms with van der Waals surface area (Å²) >= 11 is 1.66. The van der Waals surface area contributed by atoms with Gasteiger partial charge in [0.1, 0.15) is 0 Å². The van der Waals surface area contributed by atoms with Crippen molar-refractivity contribution >= 4 is 28.7 Å². The molecule has 2 heterocycles. The average Bonchev–Trinajstić information content (AvgIpc) is 3.27. The van der Waals surface area contributed by atoms with Gasteiger partial charge in [0, 0.05) is 23.5 Å². The molecule has 0 saturated carbocycles. The van der Waals surface area contributed by atoms with Crippen molar-refractivity contribution in [1.29, 1.82) is 0 Å². The number of carbonyl (C=O) groups is 1. The first-order valence-electron chi connectivity index (χ1n) is 8.11. The number of benzene rings is 2. The number of imidazole rings is 1. The summed E-state index contributed by atoms with van der Waals surface area (Å²) in [6, 6.07) is 16.3. The van der Waals surface area contributed by atoms with Crippen molar-refractivity contribution in [2.45, 2.75) is 17.4 Å². The Morgan fingerprint density at radius 3 is 2.96 bits per heavy atom. The summed E-state index contributed by atoms with van der Waals surface area (Å²) in [5.74, 6) is 0.123. The van der Waals surface area contributed by atoms with E-state index >= 15 is 0 Å². The Morgan fingerprint density at radius 2 is 2.08 bits per heavy atom. The number of carbonyl (C=O) groups excluding carboxylic acids is 1. The number of amides is 1. The zero-order chi connectivity index (χ0) is 16.5. The van der Waals surface area contributed by atoms with Crippen LogP contribution in [0.5, 0.6) is 0 Å². The molecule has 0 aliphatic carbocycles. The summed E-state index contributed by atoms with van der Waals surface area (Å²) in [5, 5.41) is 0. The molecule has 1 aromatic heterocycles. The summed E-state index contributed by atoms with van der Waals surface area (Å²) in [5.41, 5.74) is 2.93. The molecule has 24 heavy (non-hydrogen) atoms. The van der Waals surface area contributed by atoms with Crippen LogP contribution < -0.4 is 0 Å². The minimum atomic E-state index is 0.123. The minimum absolute atomic E-state index is 0.123. The van der Waals surface area contributed by atoms with E-state index in [1.807, 2.05) is 59.9 Å². The standard InChI is InChI=1S/C19H19N3OS/c1-24-16-6-4-5-14(11-16)19(23)21-10-9-15(12-21)22-13-20-17-7-2-3-8-18(17)22/h2-8,11,13,15H,9-10,12H2,1H3. The lowest BCUT2D eigenvalue weighted by molar-refractivity contribution is 0.0787. The van der Waals surface area contributed by atoms with Gasteiger partial charge in [-0.3, -0.25) is 4.79 Å². The molecule has 1 aliphatic heterocycles. The van der Waals surface area contributed by atoms with Gasteiger partial charge in [-0.05, 0) is 43.0 Å². The number of nitrogens with zero attached hydrogens (tertiary/aromatic N) is 3. The van der Waals surface area contributed by atoms with Gasteiger partial charge in [0.15, 0.2) is 0 Å². The molecule has 0 spiro atoms. The Balaban J connectivity index is 1.54. The van der Waals surface area contributed by atoms with Crippen LogP contribution >= 0.6 is 11.8 Å². The summed E-state index contributed by atoms with van der Waals surface area (Å²) in [4.78, 5) is 20.3. The third-order valence-corrected chi connectivity index (χ3v) is 5.37. The van der Waals surface area contributed by atoms with Crippen LogP contribution in [0.15, 0.2) is 59.8 Å². The van der Waals surface area contributed by atoms with Crippen molar-refractivity contribution in [3.05, 3.63) is 60.4 Å². The number of hydrogen-bond donors (Lipinski definition) is 0. The zero-order valence-corrected chi connectivity index (χ0v) is 14.4. The highest BCUT2D eigenvalue weighted by atomic mass is 32.2. The van der Waals surface area contributed by atoms with Crippen molar-refractivity contribution in [1.82, 2.24) is 14.5 Å². The molecule has 1 atom stereocenters. The first-order valence-corrected chi connectivity index (χ1v) is 9.33. The van der Waals surface area contributed by atoms with E-state index in [2.05, 4.69) is 15.6 Å². The van der Waals surface area contributed by atoms with Crippen LogP contribution in [0.25, 0.3) is 11.0 Å². The van der Waals surface area contributed by atoms with Gasteiger partial charge in [-0.15, -0.1) is 11.8 Å². The van der Waals surface area contributed by atoms with Crippen molar-refractivity contribution in [3.8, 4) is 0 Å². The van der Waals surface area contributed by atoms with Gasteiger partial charge >= 0.3 is 0 Å². The minimum Gasteiger partial charge on any atom is -0.336 e. The predicted octanol–water partition coefficient (Wildman–Crippen LogP) is 3.85. The topological polar surface area (TPSA) is 38.1 Å². The van der Waals surface area contributed by atoms with E-state index in [1.165, 1.54) is 0 Å². The molecule has 1 fully saturated rings. The van der Waals surface area contributed by atoms with Gasteiger partial charge in [0.25, 0.3) is 5.91 Å². The van der Waals surface area contributed by atoms with Crippen molar-refractivity contribution in [2.24, 2.45) is 0 Å². The highest BCUT2D eigenvalue weighted by Gasteiger charge is 2.28. The maximum atomic E-state index is 12.8. The molecule has 1 unspecified atom stereocenters. The van der Waals surface area contributed by atoms with Crippen LogP contribution in [0.3, 0.4) is 0 Å². The molecule has 0 N–H and O–H groups in total. The monoisotopic (exact) mass is 337 g/mol. The maximum Gasteiger partial charge on any atom is 0.253 e. The quantitative estimate of drug-likeness (QED) is 0.682. The lowest BCUT2D eigenvalue weighted by Crippen LogP contribution is -2.29. The fourth-order valence-corrected chi connectivity index (χ4v) is 3.82. The number of aromatic nitrogens is 2. The molecule has 0 radical (unpaired) electrons. The number of para-hydroxylation sites is 2. The highest BCUT2D eigenvalue weighted by molar-refractivity contribution is 7.98. The van der Waals surface area contributed by atoms with E-state index < -0.39 is 0 Å². The molecule has 2 aromatic carbocycles.